The van der Waals surface area contributed by atoms with Gasteiger partial charge in [0.25, 0.3) is 0 Å². The Bertz CT molecular complexity index is 689. The largest absolute Gasteiger partial charge is 0.486 e. The van der Waals surface area contributed by atoms with Gasteiger partial charge in [0, 0.05) is 17.7 Å². The van der Waals surface area contributed by atoms with Crippen molar-refractivity contribution in [3.05, 3.63) is 18.2 Å². The van der Waals surface area contributed by atoms with Crippen molar-refractivity contribution in [2.45, 2.75) is 45.1 Å². The first-order valence-corrected chi connectivity index (χ1v) is 11.5. The molecular formula is C21H30N2O4S. The molecule has 1 aromatic rings. The first-order chi connectivity index (χ1) is 13.6. The Balaban J connectivity index is 1.61. The highest BCUT2D eigenvalue weighted by Crippen LogP contribution is 2.33. The maximum absolute atomic E-state index is 12.8. The molecule has 1 atom stereocenters. The number of fused-ring (bicyclic) bond motifs is 1. The molecule has 0 saturated heterocycles. The smallest absolute Gasteiger partial charge is 0.246 e. The van der Waals surface area contributed by atoms with Crippen LogP contribution in [-0.4, -0.2) is 43.1 Å². The van der Waals surface area contributed by atoms with Crippen LogP contribution in [-0.2, 0) is 9.59 Å². The fraction of sp³-hybridized carbons (Fsp3) is 0.619. The number of benzene rings is 1. The number of hydrogen-bond acceptors (Lipinski definition) is 5. The molecule has 7 heteroatoms. The summed E-state index contributed by atoms with van der Waals surface area (Å²) in [6.45, 7) is 3.26. The summed E-state index contributed by atoms with van der Waals surface area (Å²) in [6.07, 6.45) is 6.58. The third-order valence-corrected chi connectivity index (χ3v) is 6.08. The summed E-state index contributed by atoms with van der Waals surface area (Å²) in [4.78, 5) is 25.5. The molecule has 154 valence electrons. The van der Waals surface area contributed by atoms with Crippen LogP contribution in [0, 0.1) is 11.8 Å². The Kier molecular flexibility index (Phi) is 7.48. The quantitative estimate of drug-likeness (QED) is 0.725. The Hall–Kier alpha value is -1.89. The van der Waals surface area contributed by atoms with Crippen LogP contribution < -0.4 is 20.1 Å². The van der Waals surface area contributed by atoms with Crippen molar-refractivity contribution >= 4 is 29.3 Å². The Morgan fingerprint density at radius 1 is 1.14 bits per heavy atom. The average Bonchev–Trinajstić information content (AvgIpc) is 2.71. The van der Waals surface area contributed by atoms with Crippen molar-refractivity contribution in [1.82, 2.24) is 5.32 Å². The van der Waals surface area contributed by atoms with Gasteiger partial charge in [-0.25, -0.2) is 0 Å². The Morgan fingerprint density at radius 3 is 2.57 bits per heavy atom. The van der Waals surface area contributed by atoms with Crippen molar-refractivity contribution in [2.75, 3.05) is 30.5 Å². The molecule has 1 aliphatic carbocycles. The summed E-state index contributed by atoms with van der Waals surface area (Å²) in [5, 5.41) is 5.92. The molecular weight excluding hydrogens is 376 g/mol. The fourth-order valence-electron chi connectivity index (χ4n) is 3.67. The fourth-order valence-corrected chi connectivity index (χ4v) is 4.14. The van der Waals surface area contributed by atoms with Crippen LogP contribution in [0.4, 0.5) is 5.69 Å². The van der Waals surface area contributed by atoms with Gasteiger partial charge in [-0.3, -0.25) is 9.59 Å². The summed E-state index contributed by atoms with van der Waals surface area (Å²) in [6, 6.07) is 4.82. The van der Waals surface area contributed by atoms with E-state index in [1.54, 1.807) is 30.0 Å². The van der Waals surface area contributed by atoms with E-state index in [0.717, 1.165) is 31.4 Å². The van der Waals surface area contributed by atoms with Crippen LogP contribution in [0.2, 0.25) is 0 Å². The van der Waals surface area contributed by atoms with Crippen molar-refractivity contribution in [3.63, 3.8) is 0 Å². The lowest BCUT2D eigenvalue weighted by Crippen LogP contribution is -2.46. The highest BCUT2D eigenvalue weighted by atomic mass is 32.2. The third-order valence-electron chi connectivity index (χ3n) is 5.44. The van der Waals surface area contributed by atoms with Crippen LogP contribution >= 0.6 is 11.8 Å². The molecule has 1 saturated carbocycles. The van der Waals surface area contributed by atoms with E-state index in [0.29, 0.717) is 42.7 Å². The monoisotopic (exact) mass is 406 g/mol. The van der Waals surface area contributed by atoms with Gasteiger partial charge in [0.2, 0.25) is 11.8 Å². The standard InChI is InChI=1S/C21H30N2O4S/c1-14-3-5-15(6-4-14)20(24)23-17(9-12-28-2)21(25)22-16-7-8-18-19(13-16)27-11-10-26-18/h7-8,13-15,17H,3-6,9-12H2,1-2H3,(H,22,25)(H,23,24)/t14?,15?,17-/m0/s1. The second kappa shape index (κ2) is 10.0. The van der Waals surface area contributed by atoms with Gasteiger partial charge in [-0.2, -0.15) is 11.8 Å². The highest BCUT2D eigenvalue weighted by molar-refractivity contribution is 7.98. The lowest BCUT2D eigenvalue weighted by molar-refractivity contribution is -0.130. The van der Waals surface area contributed by atoms with Crippen LogP contribution in [0.1, 0.15) is 39.0 Å². The van der Waals surface area contributed by atoms with Crippen molar-refractivity contribution in [3.8, 4) is 11.5 Å². The molecule has 1 aromatic carbocycles. The zero-order valence-corrected chi connectivity index (χ0v) is 17.5. The molecule has 0 aromatic heterocycles. The minimum absolute atomic E-state index is 0.00956. The van der Waals surface area contributed by atoms with E-state index in [-0.39, 0.29) is 17.7 Å². The summed E-state index contributed by atoms with van der Waals surface area (Å²) in [5.41, 5.74) is 0.643. The van der Waals surface area contributed by atoms with E-state index < -0.39 is 6.04 Å². The molecule has 1 fully saturated rings. The third kappa shape index (κ3) is 5.56. The highest BCUT2D eigenvalue weighted by Gasteiger charge is 2.28. The predicted octanol–water partition coefficient (Wildman–Crippen LogP) is 3.46. The first-order valence-electron chi connectivity index (χ1n) is 10.1. The van der Waals surface area contributed by atoms with Gasteiger partial charge in [0.1, 0.15) is 19.3 Å². The maximum Gasteiger partial charge on any atom is 0.246 e. The summed E-state index contributed by atoms with van der Waals surface area (Å²) >= 11 is 1.67. The maximum atomic E-state index is 12.8. The van der Waals surface area contributed by atoms with Crippen LogP contribution in [0.15, 0.2) is 18.2 Å². The second-order valence-corrected chi connectivity index (χ2v) is 8.63. The van der Waals surface area contributed by atoms with Crippen molar-refractivity contribution in [1.29, 1.82) is 0 Å². The molecule has 2 amide bonds. The molecule has 6 nitrogen and oxygen atoms in total. The normalized spacial score (nSPS) is 22.2. The molecule has 1 aliphatic heterocycles. The molecule has 28 heavy (non-hydrogen) atoms. The van der Waals surface area contributed by atoms with Crippen molar-refractivity contribution in [2.24, 2.45) is 11.8 Å². The van der Waals surface area contributed by atoms with Gasteiger partial charge in [-0.05, 0) is 62.2 Å². The molecule has 0 unspecified atom stereocenters. The zero-order valence-electron chi connectivity index (χ0n) is 16.7. The number of hydrogen-bond donors (Lipinski definition) is 2. The van der Waals surface area contributed by atoms with Crippen LogP contribution in [0.5, 0.6) is 11.5 Å². The summed E-state index contributed by atoms with van der Waals surface area (Å²) in [5.74, 6) is 2.65. The van der Waals surface area contributed by atoms with E-state index >= 15 is 0 Å². The van der Waals surface area contributed by atoms with Gasteiger partial charge < -0.3 is 20.1 Å². The molecule has 1 heterocycles. The first kappa shape index (κ1) is 20.8. The van der Waals surface area contributed by atoms with Gasteiger partial charge in [0.05, 0.1) is 0 Å². The lowest BCUT2D eigenvalue weighted by atomic mass is 9.82. The summed E-state index contributed by atoms with van der Waals surface area (Å²) in [7, 11) is 0. The summed E-state index contributed by atoms with van der Waals surface area (Å²) < 4.78 is 11.1. The topological polar surface area (TPSA) is 76.7 Å². The van der Waals surface area contributed by atoms with E-state index in [1.165, 1.54) is 0 Å². The molecule has 0 bridgehead atoms. The van der Waals surface area contributed by atoms with Gasteiger partial charge >= 0.3 is 0 Å². The predicted molar refractivity (Wildman–Crippen MR) is 112 cm³/mol. The number of nitrogens with one attached hydrogen (secondary N) is 2. The molecule has 2 N–H and O–H groups in total. The van der Waals surface area contributed by atoms with E-state index in [9.17, 15) is 9.59 Å². The Morgan fingerprint density at radius 2 is 1.86 bits per heavy atom. The molecule has 2 aliphatic rings. The van der Waals surface area contributed by atoms with Crippen LogP contribution in [0.3, 0.4) is 0 Å². The number of amides is 2. The number of carbonyl (C=O) groups is 2. The number of ether oxygens (including phenoxy) is 2. The van der Waals surface area contributed by atoms with E-state index in [1.807, 2.05) is 6.26 Å². The van der Waals surface area contributed by atoms with Gasteiger partial charge in [0.15, 0.2) is 11.5 Å². The van der Waals surface area contributed by atoms with E-state index in [2.05, 4.69) is 17.6 Å². The molecule has 0 spiro atoms. The van der Waals surface area contributed by atoms with Crippen molar-refractivity contribution < 1.29 is 19.1 Å². The number of rotatable bonds is 7. The Labute approximate surface area is 171 Å². The molecule has 0 radical (unpaired) electrons. The average molecular weight is 407 g/mol. The van der Waals surface area contributed by atoms with Gasteiger partial charge in [-0.15, -0.1) is 0 Å². The number of carbonyl (C=O) groups excluding carboxylic acids is 2. The minimum atomic E-state index is -0.535. The van der Waals surface area contributed by atoms with Gasteiger partial charge in [-0.1, -0.05) is 6.92 Å². The molecule has 3 rings (SSSR count). The minimum Gasteiger partial charge on any atom is -0.486 e. The lowest BCUT2D eigenvalue weighted by Gasteiger charge is -2.27. The zero-order chi connectivity index (χ0) is 19.9. The number of anilines is 1. The van der Waals surface area contributed by atoms with Crippen LogP contribution in [0.25, 0.3) is 0 Å². The SMILES string of the molecule is CSCC[C@H](NC(=O)C1CCC(C)CC1)C(=O)Nc1ccc2c(c1)OCCO2. The second-order valence-electron chi connectivity index (χ2n) is 7.65. The number of thioether (sulfide) groups is 1. The van der Waals surface area contributed by atoms with E-state index in [4.69, 9.17) is 9.47 Å².